The fourth-order valence-electron chi connectivity index (χ4n) is 5.18. The molecule has 0 rings (SSSR count). The van der Waals surface area contributed by atoms with Gasteiger partial charge in [0.1, 0.15) is 12.7 Å². The van der Waals surface area contributed by atoms with Gasteiger partial charge in [0.2, 0.25) is 0 Å². The molecule has 0 aromatic rings. The third-order valence-electron chi connectivity index (χ3n) is 8.29. The van der Waals surface area contributed by atoms with Crippen molar-refractivity contribution in [1.82, 2.24) is 0 Å². The first-order chi connectivity index (χ1) is 24.7. The van der Waals surface area contributed by atoms with E-state index in [0.29, 0.717) is 6.42 Å². The van der Waals surface area contributed by atoms with Gasteiger partial charge in [-0.1, -0.05) is 140 Å². The molecule has 11 heteroatoms. The summed E-state index contributed by atoms with van der Waals surface area (Å²) in [7, 11) is -4.88. The molecule has 0 aliphatic carbocycles. The maximum atomic E-state index is 12.5. The van der Waals surface area contributed by atoms with Crippen LogP contribution in [0.2, 0.25) is 0 Å². The van der Waals surface area contributed by atoms with Crippen molar-refractivity contribution in [3.05, 3.63) is 36.5 Å². The second kappa shape index (κ2) is 36.5. The second-order valence-electron chi connectivity index (χ2n) is 13.3. The first-order valence-electron chi connectivity index (χ1n) is 19.9. The third-order valence-corrected chi connectivity index (χ3v) is 9.22. The quantitative estimate of drug-likeness (QED) is 0.0273. The zero-order valence-corrected chi connectivity index (χ0v) is 32.9. The minimum absolute atomic E-state index is 0.0115. The summed E-state index contributed by atoms with van der Waals surface area (Å²) in [6, 6.07) is 0. The van der Waals surface area contributed by atoms with Crippen molar-refractivity contribution in [2.75, 3.05) is 26.4 Å². The summed E-state index contributed by atoms with van der Waals surface area (Å²) in [5.74, 6) is -1.07. The van der Waals surface area contributed by atoms with E-state index < -0.39 is 51.8 Å². The minimum Gasteiger partial charge on any atom is -0.756 e. The molecule has 0 aromatic carbocycles. The van der Waals surface area contributed by atoms with E-state index in [1.807, 2.05) is 6.08 Å². The standard InChI is InChI=1S/C40H73O10P/c1-3-5-7-9-11-13-15-17-18-20-21-23-25-27-29-31-39(43)47-35-38(36-49-51(45,46)48-34-37(42)33-41)50-40(44)32-30-28-26-24-22-19-16-14-12-10-8-6-4-2/h11,13,17-18,28,30,37-38,41-42H,3-10,12,14-16,19-27,29,31-36H2,1-2H3,(H,45,46)/p-1/b13-11-,18-17-,30-28+/t37-,38+/m0/s1. The number of aliphatic hydroxyl groups excluding tert-OH is 2. The minimum atomic E-state index is -4.88. The van der Waals surface area contributed by atoms with E-state index in [1.165, 1.54) is 70.6 Å². The largest absolute Gasteiger partial charge is 0.756 e. The zero-order chi connectivity index (χ0) is 37.7. The number of phosphoric acid groups is 1. The van der Waals surface area contributed by atoms with Crippen LogP contribution in [0.1, 0.15) is 168 Å². The van der Waals surface area contributed by atoms with Crippen LogP contribution in [0.25, 0.3) is 0 Å². The molecule has 0 amide bonds. The van der Waals surface area contributed by atoms with Crippen LogP contribution in [0, 0.1) is 0 Å². The zero-order valence-electron chi connectivity index (χ0n) is 32.0. The highest BCUT2D eigenvalue weighted by molar-refractivity contribution is 7.45. The summed E-state index contributed by atoms with van der Waals surface area (Å²) in [6.07, 6.45) is 35.4. The molecular weight excluding hydrogens is 671 g/mol. The number of ether oxygens (including phenoxy) is 2. The van der Waals surface area contributed by atoms with E-state index in [1.54, 1.807) is 6.08 Å². The molecule has 0 aliphatic rings. The summed E-state index contributed by atoms with van der Waals surface area (Å²) in [4.78, 5) is 36.9. The van der Waals surface area contributed by atoms with Crippen molar-refractivity contribution in [3.8, 4) is 0 Å². The van der Waals surface area contributed by atoms with Crippen molar-refractivity contribution in [3.63, 3.8) is 0 Å². The SMILES string of the molecule is CCCCC/C=C\C/C=C\CCCCCCCC(=O)OC[C@H](COP(=O)([O-])OC[C@@H](O)CO)OC(=O)C/C=C/CCCCCCCCCCCC. The van der Waals surface area contributed by atoms with Gasteiger partial charge in [0, 0.05) is 6.42 Å². The van der Waals surface area contributed by atoms with Gasteiger partial charge in [-0.3, -0.25) is 14.2 Å². The first kappa shape index (κ1) is 49.2. The van der Waals surface area contributed by atoms with Crippen LogP contribution in [0.5, 0.6) is 0 Å². The number of carbonyl (C=O) groups excluding carboxylic acids is 2. The number of allylic oxidation sites excluding steroid dienone is 5. The van der Waals surface area contributed by atoms with Gasteiger partial charge in [0.05, 0.1) is 26.2 Å². The molecule has 1 unspecified atom stereocenters. The Kier molecular flexibility index (Phi) is 35.2. The molecule has 298 valence electrons. The van der Waals surface area contributed by atoms with E-state index in [9.17, 15) is 24.2 Å². The fraction of sp³-hybridized carbons (Fsp3) is 0.800. The van der Waals surface area contributed by atoms with Crippen LogP contribution in [0.3, 0.4) is 0 Å². The van der Waals surface area contributed by atoms with Gasteiger partial charge < -0.3 is 33.6 Å². The number of hydrogen-bond acceptors (Lipinski definition) is 10. The number of unbranched alkanes of at least 4 members (excludes halogenated alkanes) is 18. The van der Waals surface area contributed by atoms with Gasteiger partial charge in [0.25, 0.3) is 7.82 Å². The first-order valence-corrected chi connectivity index (χ1v) is 21.4. The normalized spacial score (nSPS) is 14.4. The Morgan fingerprint density at radius 3 is 1.67 bits per heavy atom. The predicted octanol–water partition coefficient (Wildman–Crippen LogP) is 9.37. The van der Waals surface area contributed by atoms with Crippen LogP contribution < -0.4 is 4.89 Å². The van der Waals surface area contributed by atoms with Crippen LogP contribution in [-0.2, 0) is 32.7 Å². The van der Waals surface area contributed by atoms with E-state index in [0.717, 1.165) is 64.2 Å². The van der Waals surface area contributed by atoms with Crippen molar-refractivity contribution in [2.45, 2.75) is 180 Å². The molecule has 2 N–H and O–H groups in total. The Balaban J connectivity index is 4.42. The molecule has 0 heterocycles. The van der Waals surface area contributed by atoms with Crippen LogP contribution >= 0.6 is 7.82 Å². The third kappa shape index (κ3) is 36.3. The van der Waals surface area contributed by atoms with Gasteiger partial charge in [-0.25, -0.2) is 0 Å². The summed E-state index contributed by atoms with van der Waals surface area (Å²) in [6.45, 7) is 2.08. The Morgan fingerprint density at radius 2 is 1.10 bits per heavy atom. The smallest absolute Gasteiger partial charge is 0.310 e. The molecule has 0 fully saturated rings. The summed E-state index contributed by atoms with van der Waals surface area (Å²) < 4.78 is 32.1. The number of aliphatic hydroxyl groups is 2. The highest BCUT2D eigenvalue weighted by Crippen LogP contribution is 2.38. The second-order valence-corrected chi connectivity index (χ2v) is 14.7. The summed E-state index contributed by atoms with van der Waals surface area (Å²) in [5.41, 5.74) is 0. The van der Waals surface area contributed by atoms with Gasteiger partial charge >= 0.3 is 11.9 Å². The van der Waals surface area contributed by atoms with Crippen LogP contribution in [0.4, 0.5) is 0 Å². The van der Waals surface area contributed by atoms with Gasteiger partial charge in [-0.2, -0.15) is 0 Å². The van der Waals surface area contributed by atoms with E-state index in [4.69, 9.17) is 19.1 Å². The van der Waals surface area contributed by atoms with Gasteiger partial charge in [0.15, 0.2) is 6.10 Å². The number of phosphoric ester groups is 1. The summed E-state index contributed by atoms with van der Waals surface area (Å²) in [5, 5.41) is 18.2. The number of carbonyl (C=O) groups is 2. The summed E-state index contributed by atoms with van der Waals surface area (Å²) >= 11 is 0. The Morgan fingerprint density at radius 1 is 0.627 bits per heavy atom. The van der Waals surface area contributed by atoms with Crippen LogP contribution in [-0.4, -0.2) is 60.8 Å². The molecule has 10 nitrogen and oxygen atoms in total. The van der Waals surface area contributed by atoms with E-state index >= 15 is 0 Å². The van der Waals surface area contributed by atoms with Crippen molar-refractivity contribution in [1.29, 1.82) is 0 Å². The topological polar surface area (TPSA) is 152 Å². The highest BCUT2D eigenvalue weighted by Gasteiger charge is 2.21. The van der Waals surface area contributed by atoms with E-state index in [-0.39, 0.29) is 19.4 Å². The van der Waals surface area contributed by atoms with Crippen LogP contribution in [0.15, 0.2) is 36.5 Å². The number of hydrogen-bond donors (Lipinski definition) is 2. The molecule has 0 radical (unpaired) electrons. The van der Waals surface area contributed by atoms with Gasteiger partial charge in [-0.05, 0) is 51.4 Å². The lowest BCUT2D eigenvalue weighted by Crippen LogP contribution is -2.30. The molecular formula is C40H72O10P-. The average Bonchev–Trinajstić information content (AvgIpc) is 3.12. The molecule has 0 saturated heterocycles. The van der Waals surface area contributed by atoms with Gasteiger partial charge in [-0.15, -0.1) is 0 Å². The maximum Gasteiger partial charge on any atom is 0.310 e. The van der Waals surface area contributed by atoms with Crippen molar-refractivity contribution in [2.24, 2.45) is 0 Å². The lowest BCUT2D eigenvalue weighted by Gasteiger charge is -2.26. The lowest BCUT2D eigenvalue weighted by molar-refractivity contribution is -0.230. The molecule has 3 atom stereocenters. The lowest BCUT2D eigenvalue weighted by atomic mass is 10.1. The Hall–Kier alpha value is -1.81. The highest BCUT2D eigenvalue weighted by atomic mass is 31.2. The predicted molar refractivity (Wildman–Crippen MR) is 203 cm³/mol. The fourth-order valence-corrected chi connectivity index (χ4v) is 5.96. The van der Waals surface area contributed by atoms with Crippen molar-refractivity contribution < 1.29 is 47.8 Å². The molecule has 0 aromatic heterocycles. The Labute approximate surface area is 310 Å². The molecule has 0 saturated carbocycles. The number of esters is 2. The molecule has 51 heavy (non-hydrogen) atoms. The average molecular weight is 744 g/mol. The monoisotopic (exact) mass is 743 g/mol. The molecule has 0 bridgehead atoms. The van der Waals surface area contributed by atoms with E-state index in [2.05, 4.69) is 42.7 Å². The Bertz CT molecular complexity index is 952. The molecule has 0 spiro atoms. The van der Waals surface area contributed by atoms with Crippen molar-refractivity contribution >= 4 is 19.8 Å². The maximum absolute atomic E-state index is 12.5. The molecule has 0 aliphatic heterocycles. The number of rotatable bonds is 37.